The highest BCUT2D eigenvalue weighted by atomic mass is 16.6. The molecule has 1 aromatic rings. The third-order valence-corrected chi connectivity index (χ3v) is 2.91. The molecule has 6 nitrogen and oxygen atoms in total. The first-order valence-corrected chi connectivity index (χ1v) is 6.86. The van der Waals surface area contributed by atoms with E-state index in [4.69, 9.17) is 9.47 Å². The van der Waals surface area contributed by atoms with Gasteiger partial charge < -0.3 is 14.4 Å². The van der Waals surface area contributed by atoms with E-state index in [0.29, 0.717) is 19.1 Å². The zero-order chi connectivity index (χ0) is 14.6. The van der Waals surface area contributed by atoms with E-state index in [2.05, 4.69) is 9.97 Å². The van der Waals surface area contributed by atoms with Crippen LogP contribution in [0.5, 0.6) is 6.01 Å². The number of rotatable bonds is 2. The van der Waals surface area contributed by atoms with Crippen molar-refractivity contribution in [3.8, 4) is 6.01 Å². The number of ether oxygens (including phenoxy) is 2. The van der Waals surface area contributed by atoms with Gasteiger partial charge >= 0.3 is 12.1 Å². The normalized spacial score (nSPS) is 16.9. The largest absolute Gasteiger partial charge is 0.460 e. The zero-order valence-electron chi connectivity index (χ0n) is 12.2. The van der Waals surface area contributed by atoms with Crippen molar-refractivity contribution >= 4 is 6.09 Å². The second-order valence-electron chi connectivity index (χ2n) is 5.82. The number of aromatic nitrogens is 2. The van der Waals surface area contributed by atoms with Crippen LogP contribution in [-0.4, -0.2) is 45.8 Å². The molecule has 110 valence electrons. The monoisotopic (exact) mass is 279 g/mol. The number of amides is 1. The Bertz CT molecular complexity index is 437. The molecule has 1 fully saturated rings. The smallest absolute Gasteiger partial charge is 0.410 e. The number of piperidine rings is 1. The summed E-state index contributed by atoms with van der Waals surface area (Å²) in [5, 5.41) is 0. The van der Waals surface area contributed by atoms with Crippen molar-refractivity contribution in [1.29, 1.82) is 0 Å². The maximum absolute atomic E-state index is 11.9. The van der Waals surface area contributed by atoms with E-state index in [1.54, 1.807) is 23.4 Å². The second kappa shape index (κ2) is 6.07. The molecule has 0 radical (unpaired) electrons. The molecule has 0 unspecified atom stereocenters. The maximum Gasteiger partial charge on any atom is 0.410 e. The standard InChI is InChI=1S/C14H21N3O3/c1-14(2,3)20-13(18)17-9-5-11(6-10-17)19-12-15-7-4-8-16-12/h4,7-8,11H,5-6,9-10H2,1-3H3. The summed E-state index contributed by atoms with van der Waals surface area (Å²) < 4.78 is 11.0. The van der Waals surface area contributed by atoms with Gasteiger partial charge in [-0.2, -0.15) is 0 Å². The Morgan fingerprint density at radius 1 is 1.25 bits per heavy atom. The van der Waals surface area contributed by atoms with Crippen LogP contribution in [0.4, 0.5) is 4.79 Å². The molecular weight excluding hydrogens is 258 g/mol. The lowest BCUT2D eigenvalue weighted by Gasteiger charge is -2.33. The van der Waals surface area contributed by atoms with E-state index in [1.165, 1.54) is 0 Å². The van der Waals surface area contributed by atoms with Crippen LogP contribution in [0.15, 0.2) is 18.5 Å². The fourth-order valence-electron chi connectivity index (χ4n) is 1.98. The quantitative estimate of drug-likeness (QED) is 0.830. The molecule has 6 heteroatoms. The summed E-state index contributed by atoms with van der Waals surface area (Å²) in [7, 11) is 0. The Balaban J connectivity index is 1.79. The van der Waals surface area contributed by atoms with Crippen molar-refractivity contribution in [2.75, 3.05) is 13.1 Å². The number of nitrogens with zero attached hydrogens (tertiary/aromatic N) is 3. The van der Waals surface area contributed by atoms with Gasteiger partial charge in [-0.25, -0.2) is 14.8 Å². The maximum atomic E-state index is 11.9. The Kier molecular flexibility index (Phi) is 4.42. The summed E-state index contributed by atoms with van der Waals surface area (Å²) in [6.45, 7) is 6.87. The van der Waals surface area contributed by atoms with Gasteiger partial charge in [-0.05, 0) is 26.8 Å². The van der Waals surface area contributed by atoms with Crippen molar-refractivity contribution in [1.82, 2.24) is 14.9 Å². The van der Waals surface area contributed by atoms with Gasteiger partial charge in [0.2, 0.25) is 0 Å². The molecule has 0 N–H and O–H groups in total. The van der Waals surface area contributed by atoms with Crippen LogP contribution in [0.25, 0.3) is 0 Å². The first kappa shape index (κ1) is 14.6. The molecule has 0 spiro atoms. The first-order chi connectivity index (χ1) is 9.44. The summed E-state index contributed by atoms with van der Waals surface area (Å²) in [4.78, 5) is 21.7. The average Bonchev–Trinajstić information content (AvgIpc) is 2.39. The number of likely N-dealkylation sites (tertiary alicyclic amines) is 1. The number of hydrogen-bond acceptors (Lipinski definition) is 5. The molecule has 0 saturated carbocycles. The van der Waals surface area contributed by atoms with Gasteiger partial charge in [0.15, 0.2) is 0 Å². The summed E-state index contributed by atoms with van der Waals surface area (Å²) in [6.07, 6.45) is 4.62. The molecule has 0 aliphatic carbocycles. The van der Waals surface area contributed by atoms with Crippen LogP contribution in [0, 0.1) is 0 Å². The average molecular weight is 279 g/mol. The van der Waals surface area contributed by atoms with Gasteiger partial charge in [-0.1, -0.05) is 0 Å². The first-order valence-electron chi connectivity index (χ1n) is 6.86. The fourth-order valence-corrected chi connectivity index (χ4v) is 1.98. The summed E-state index contributed by atoms with van der Waals surface area (Å²) in [5.41, 5.74) is -0.456. The lowest BCUT2D eigenvalue weighted by molar-refractivity contribution is 0.0119. The molecule has 20 heavy (non-hydrogen) atoms. The third kappa shape index (κ3) is 4.36. The van der Waals surface area contributed by atoms with Crippen molar-refractivity contribution in [2.24, 2.45) is 0 Å². The summed E-state index contributed by atoms with van der Waals surface area (Å²) >= 11 is 0. The van der Waals surface area contributed by atoms with E-state index in [9.17, 15) is 4.79 Å². The molecule has 2 rings (SSSR count). The Hall–Kier alpha value is -1.85. The van der Waals surface area contributed by atoms with Crippen LogP contribution < -0.4 is 4.74 Å². The minimum absolute atomic E-state index is 0.0519. The van der Waals surface area contributed by atoms with E-state index in [-0.39, 0.29) is 12.2 Å². The molecule has 0 atom stereocenters. The lowest BCUT2D eigenvalue weighted by atomic mass is 10.1. The molecule has 2 heterocycles. The van der Waals surface area contributed by atoms with E-state index >= 15 is 0 Å². The van der Waals surface area contributed by atoms with Crippen LogP contribution in [-0.2, 0) is 4.74 Å². The predicted molar refractivity (Wildman–Crippen MR) is 73.5 cm³/mol. The highest BCUT2D eigenvalue weighted by Gasteiger charge is 2.27. The van der Waals surface area contributed by atoms with Crippen LogP contribution in [0.1, 0.15) is 33.6 Å². The van der Waals surface area contributed by atoms with Gasteiger partial charge in [0.25, 0.3) is 0 Å². The molecule has 1 saturated heterocycles. The van der Waals surface area contributed by atoms with Gasteiger partial charge in [0.05, 0.1) is 0 Å². The topological polar surface area (TPSA) is 64.5 Å². The SMILES string of the molecule is CC(C)(C)OC(=O)N1CCC(Oc2ncccn2)CC1. The summed E-state index contributed by atoms with van der Waals surface area (Å²) in [5.74, 6) is 0. The molecular formula is C14H21N3O3. The van der Waals surface area contributed by atoms with Gasteiger partial charge in [0, 0.05) is 38.3 Å². The van der Waals surface area contributed by atoms with Gasteiger partial charge in [-0.15, -0.1) is 0 Å². The van der Waals surface area contributed by atoms with E-state index in [0.717, 1.165) is 12.8 Å². The fraction of sp³-hybridized carbons (Fsp3) is 0.643. The van der Waals surface area contributed by atoms with Crippen LogP contribution in [0.3, 0.4) is 0 Å². The molecule has 1 aromatic heterocycles. The Morgan fingerprint density at radius 2 is 1.85 bits per heavy atom. The zero-order valence-corrected chi connectivity index (χ0v) is 12.2. The van der Waals surface area contributed by atoms with Crippen LogP contribution >= 0.6 is 0 Å². The molecule has 1 aliphatic rings. The lowest BCUT2D eigenvalue weighted by Crippen LogP contribution is -2.44. The van der Waals surface area contributed by atoms with Crippen molar-refractivity contribution in [3.05, 3.63) is 18.5 Å². The number of hydrogen-bond donors (Lipinski definition) is 0. The molecule has 0 bridgehead atoms. The highest BCUT2D eigenvalue weighted by Crippen LogP contribution is 2.18. The molecule has 1 amide bonds. The minimum Gasteiger partial charge on any atom is -0.460 e. The van der Waals surface area contributed by atoms with Crippen LogP contribution in [0.2, 0.25) is 0 Å². The van der Waals surface area contributed by atoms with Crippen molar-refractivity contribution < 1.29 is 14.3 Å². The van der Waals surface area contributed by atoms with E-state index in [1.807, 2.05) is 20.8 Å². The number of carbonyl (C=O) groups is 1. The highest BCUT2D eigenvalue weighted by molar-refractivity contribution is 5.68. The second-order valence-corrected chi connectivity index (χ2v) is 5.82. The van der Waals surface area contributed by atoms with Crippen molar-refractivity contribution in [2.45, 2.75) is 45.3 Å². The Morgan fingerprint density at radius 3 is 2.40 bits per heavy atom. The third-order valence-electron chi connectivity index (χ3n) is 2.91. The minimum atomic E-state index is -0.456. The number of carbonyl (C=O) groups excluding carboxylic acids is 1. The van der Waals surface area contributed by atoms with E-state index < -0.39 is 5.60 Å². The Labute approximate surface area is 119 Å². The molecule has 0 aromatic carbocycles. The van der Waals surface area contributed by atoms with Crippen molar-refractivity contribution in [3.63, 3.8) is 0 Å². The summed E-state index contributed by atoms with van der Waals surface area (Å²) in [6, 6.07) is 2.14. The van der Waals surface area contributed by atoms with Gasteiger partial charge in [-0.3, -0.25) is 0 Å². The molecule has 1 aliphatic heterocycles. The predicted octanol–water partition coefficient (Wildman–Crippen LogP) is 2.25. The van der Waals surface area contributed by atoms with Gasteiger partial charge in [0.1, 0.15) is 11.7 Å².